The van der Waals surface area contributed by atoms with Crippen molar-refractivity contribution in [3.05, 3.63) is 59.7 Å². The molecule has 0 unspecified atom stereocenters. The van der Waals surface area contributed by atoms with E-state index in [2.05, 4.69) is 4.72 Å². The largest absolute Gasteiger partial charge is 0.396 e. The Hall–Kier alpha value is -2.43. The fourth-order valence-corrected chi connectivity index (χ4v) is 4.88. The van der Waals surface area contributed by atoms with Crippen LogP contribution in [0, 0.1) is 23.5 Å². The lowest BCUT2D eigenvalue weighted by Crippen LogP contribution is -2.64. The number of nitrogens with zero attached hydrogens (tertiary/aromatic N) is 1. The van der Waals surface area contributed by atoms with E-state index in [0.29, 0.717) is 0 Å². The lowest BCUT2D eigenvalue weighted by atomic mass is 9.88. The lowest BCUT2D eigenvalue weighted by Gasteiger charge is -2.47. The SMILES string of the molecule is CS(=O)(=O)NC[C@@H]1[C@H](CO)CN1C(=O)[C@@H]1C[C@@]1(F)c1ccccc1-c1c(F)cccc1F. The predicted octanol–water partition coefficient (Wildman–Crippen LogP) is 2.19. The summed E-state index contributed by atoms with van der Waals surface area (Å²) in [6.07, 6.45) is 0.837. The Morgan fingerprint density at radius 3 is 2.47 bits per heavy atom. The first-order chi connectivity index (χ1) is 15.1. The highest BCUT2D eigenvalue weighted by atomic mass is 32.2. The standard InChI is InChI=1S/C22H23F3N2O4S/c1-32(30,31)26-10-19-13(12-28)11-27(19)21(29)16-9-22(16,25)15-6-3-2-5-14(15)20-17(23)7-4-8-18(20)24/h2-8,13,16,19,26,28H,9-12H2,1H3/t13-,16-,19+,22+/m0/s1. The zero-order chi connectivity index (χ0) is 23.3. The van der Waals surface area contributed by atoms with Gasteiger partial charge in [-0.3, -0.25) is 4.79 Å². The monoisotopic (exact) mass is 468 g/mol. The van der Waals surface area contributed by atoms with Crippen LogP contribution in [-0.2, 0) is 20.5 Å². The van der Waals surface area contributed by atoms with Crippen LogP contribution in [0.2, 0.25) is 0 Å². The molecule has 0 bridgehead atoms. The van der Waals surface area contributed by atoms with Crippen LogP contribution in [0.5, 0.6) is 0 Å². The highest BCUT2D eigenvalue weighted by molar-refractivity contribution is 7.88. The minimum absolute atomic E-state index is 0.0346. The minimum Gasteiger partial charge on any atom is -0.396 e. The molecule has 2 fully saturated rings. The number of alkyl halides is 1. The van der Waals surface area contributed by atoms with E-state index in [0.717, 1.165) is 18.4 Å². The van der Waals surface area contributed by atoms with Crippen molar-refractivity contribution in [2.45, 2.75) is 18.1 Å². The number of amides is 1. The van der Waals surface area contributed by atoms with Gasteiger partial charge in [-0.15, -0.1) is 0 Å². The van der Waals surface area contributed by atoms with Gasteiger partial charge in [-0.1, -0.05) is 30.3 Å². The van der Waals surface area contributed by atoms with Crippen LogP contribution >= 0.6 is 0 Å². The fraction of sp³-hybridized carbons (Fsp3) is 0.409. The number of aliphatic hydroxyl groups excluding tert-OH is 1. The average molecular weight is 468 g/mol. The molecule has 1 heterocycles. The van der Waals surface area contributed by atoms with Gasteiger partial charge in [-0.2, -0.15) is 0 Å². The van der Waals surface area contributed by atoms with E-state index in [4.69, 9.17) is 0 Å². The molecule has 32 heavy (non-hydrogen) atoms. The van der Waals surface area contributed by atoms with E-state index >= 15 is 4.39 Å². The maximum Gasteiger partial charge on any atom is 0.229 e. The van der Waals surface area contributed by atoms with E-state index < -0.39 is 45.2 Å². The summed E-state index contributed by atoms with van der Waals surface area (Å²) in [7, 11) is -3.51. The summed E-state index contributed by atoms with van der Waals surface area (Å²) in [5, 5.41) is 9.47. The van der Waals surface area contributed by atoms with Crippen LogP contribution in [0.15, 0.2) is 42.5 Å². The van der Waals surface area contributed by atoms with E-state index in [9.17, 15) is 27.1 Å². The number of carbonyl (C=O) groups is 1. The fourth-order valence-electron chi connectivity index (χ4n) is 4.41. The number of rotatable bonds is 7. The molecule has 4 rings (SSSR count). The molecule has 4 atom stereocenters. The maximum atomic E-state index is 15.9. The average Bonchev–Trinajstić information content (AvgIpc) is 3.40. The number of benzene rings is 2. The van der Waals surface area contributed by atoms with Crippen molar-refractivity contribution in [1.29, 1.82) is 0 Å². The number of halogens is 3. The van der Waals surface area contributed by atoms with Gasteiger partial charge in [-0.05, 0) is 23.3 Å². The normalized spacial score (nSPS) is 27.2. The zero-order valence-corrected chi connectivity index (χ0v) is 18.1. The van der Waals surface area contributed by atoms with E-state index in [1.807, 2.05) is 0 Å². The maximum absolute atomic E-state index is 15.9. The number of sulfonamides is 1. The summed E-state index contributed by atoms with van der Waals surface area (Å²) in [5.74, 6) is -3.55. The van der Waals surface area contributed by atoms with Crippen molar-refractivity contribution < 1.29 is 31.5 Å². The molecule has 1 aliphatic heterocycles. The Labute approximate surface area is 184 Å². The summed E-state index contributed by atoms with van der Waals surface area (Å²) in [6.45, 7) is -0.138. The second-order valence-corrected chi connectivity index (χ2v) is 10.2. The van der Waals surface area contributed by atoms with E-state index in [1.54, 1.807) is 12.1 Å². The number of carbonyl (C=O) groups excluding carboxylic acids is 1. The third-order valence-corrected chi connectivity index (χ3v) is 6.94. The van der Waals surface area contributed by atoms with Crippen LogP contribution in [0.3, 0.4) is 0 Å². The molecule has 2 aromatic rings. The second kappa shape index (κ2) is 8.17. The number of hydrogen-bond donors (Lipinski definition) is 2. The number of likely N-dealkylation sites (tertiary alicyclic amines) is 1. The molecule has 2 aliphatic rings. The molecule has 1 amide bonds. The smallest absolute Gasteiger partial charge is 0.229 e. The van der Waals surface area contributed by atoms with Gasteiger partial charge in [0, 0.05) is 32.0 Å². The molecule has 0 aromatic heterocycles. The van der Waals surface area contributed by atoms with Gasteiger partial charge in [0.25, 0.3) is 0 Å². The third kappa shape index (κ3) is 4.02. The van der Waals surface area contributed by atoms with Crippen LogP contribution in [0.25, 0.3) is 11.1 Å². The topological polar surface area (TPSA) is 86.7 Å². The van der Waals surface area contributed by atoms with E-state index in [-0.39, 0.29) is 48.7 Å². The first-order valence-corrected chi connectivity index (χ1v) is 12.0. The van der Waals surface area contributed by atoms with Crippen molar-refractivity contribution in [3.63, 3.8) is 0 Å². The Morgan fingerprint density at radius 2 is 1.84 bits per heavy atom. The van der Waals surface area contributed by atoms with Crippen molar-refractivity contribution in [2.75, 3.05) is 26.0 Å². The van der Waals surface area contributed by atoms with Crippen LogP contribution < -0.4 is 4.72 Å². The Balaban J connectivity index is 1.58. The van der Waals surface area contributed by atoms with Gasteiger partial charge in [0.2, 0.25) is 15.9 Å². The Kier molecular flexibility index (Phi) is 5.81. The summed E-state index contributed by atoms with van der Waals surface area (Å²) < 4.78 is 69.8. The number of hydrogen-bond acceptors (Lipinski definition) is 4. The van der Waals surface area contributed by atoms with Gasteiger partial charge >= 0.3 is 0 Å². The third-order valence-electron chi connectivity index (χ3n) is 6.25. The minimum atomic E-state index is -3.51. The highest BCUT2D eigenvalue weighted by Crippen LogP contribution is 2.59. The molecule has 2 N–H and O–H groups in total. The summed E-state index contributed by atoms with van der Waals surface area (Å²) in [5.41, 5.74) is -2.36. The van der Waals surface area contributed by atoms with Crippen LogP contribution in [0.4, 0.5) is 13.2 Å². The van der Waals surface area contributed by atoms with Crippen molar-refractivity contribution in [1.82, 2.24) is 9.62 Å². The molecule has 172 valence electrons. The predicted molar refractivity (Wildman–Crippen MR) is 112 cm³/mol. The second-order valence-electron chi connectivity index (χ2n) is 8.38. The Morgan fingerprint density at radius 1 is 1.19 bits per heavy atom. The van der Waals surface area contributed by atoms with Crippen molar-refractivity contribution in [3.8, 4) is 11.1 Å². The van der Waals surface area contributed by atoms with Gasteiger partial charge in [0.15, 0.2) is 0 Å². The van der Waals surface area contributed by atoms with Gasteiger partial charge in [0.1, 0.15) is 17.3 Å². The molecule has 1 saturated carbocycles. The lowest BCUT2D eigenvalue weighted by molar-refractivity contribution is -0.147. The molecule has 1 aliphatic carbocycles. The molecule has 6 nitrogen and oxygen atoms in total. The first-order valence-electron chi connectivity index (χ1n) is 10.2. The van der Waals surface area contributed by atoms with Crippen LogP contribution in [0.1, 0.15) is 12.0 Å². The van der Waals surface area contributed by atoms with Gasteiger partial charge in [0.05, 0.1) is 23.8 Å². The molecule has 0 radical (unpaired) electrons. The van der Waals surface area contributed by atoms with Crippen LogP contribution in [-0.4, -0.2) is 56.3 Å². The quantitative estimate of drug-likeness (QED) is 0.652. The molecule has 10 heteroatoms. The summed E-state index contributed by atoms with van der Waals surface area (Å²) in [4.78, 5) is 14.4. The van der Waals surface area contributed by atoms with Crippen molar-refractivity contribution in [2.24, 2.45) is 11.8 Å². The summed E-state index contributed by atoms with van der Waals surface area (Å²) in [6, 6.07) is 8.73. The molecular formula is C22H23F3N2O4S. The molecular weight excluding hydrogens is 445 g/mol. The highest BCUT2D eigenvalue weighted by Gasteiger charge is 2.64. The Bertz CT molecular complexity index is 1140. The number of nitrogens with one attached hydrogen (secondary N) is 1. The van der Waals surface area contributed by atoms with Gasteiger partial charge in [-0.25, -0.2) is 26.3 Å². The molecule has 2 aromatic carbocycles. The van der Waals surface area contributed by atoms with E-state index in [1.165, 1.54) is 23.1 Å². The molecule has 1 saturated heterocycles. The molecule has 0 spiro atoms. The zero-order valence-electron chi connectivity index (χ0n) is 17.3. The van der Waals surface area contributed by atoms with Gasteiger partial charge < -0.3 is 10.0 Å². The summed E-state index contributed by atoms with van der Waals surface area (Å²) >= 11 is 0. The number of aliphatic hydroxyl groups is 1. The first kappa shape index (κ1) is 22.8. The van der Waals surface area contributed by atoms with Crippen molar-refractivity contribution >= 4 is 15.9 Å².